The average molecular weight is 1090 g/mol. The Kier molecular flexibility index (Phi) is 55.2. The first-order chi connectivity index (χ1) is 36.9. The Labute approximate surface area is 472 Å². The van der Waals surface area contributed by atoms with E-state index in [9.17, 15) is 19.0 Å². The van der Waals surface area contributed by atoms with Gasteiger partial charge in [-0.1, -0.05) is 269 Å². The number of ether oxygens (including phenoxy) is 1. The molecule has 9 nitrogen and oxygen atoms in total. The molecule has 0 saturated heterocycles. The molecule has 1 amide bonds. The molecule has 76 heavy (non-hydrogen) atoms. The molecule has 10 heteroatoms. The van der Waals surface area contributed by atoms with Crippen LogP contribution in [-0.4, -0.2) is 69.4 Å². The highest BCUT2D eigenvalue weighted by atomic mass is 31.2. The van der Waals surface area contributed by atoms with Crippen LogP contribution in [0.5, 0.6) is 0 Å². The topological polar surface area (TPSA) is 114 Å². The van der Waals surface area contributed by atoms with Gasteiger partial charge in [-0.25, -0.2) is 0 Å². The van der Waals surface area contributed by atoms with Crippen LogP contribution in [0.3, 0.4) is 0 Å². The minimum absolute atomic E-state index is 0.0217. The predicted octanol–water partition coefficient (Wildman–Crippen LogP) is 19.7. The van der Waals surface area contributed by atoms with Crippen molar-refractivity contribution in [2.45, 2.75) is 335 Å². The number of esters is 1. The summed E-state index contributed by atoms with van der Waals surface area (Å²) in [4.78, 5) is 39.9. The number of phosphoric acid groups is 1. The maximum atomic E-state index is 13.5. The van der Waals surface area contributed by atoms with E-state index in [4.69, 9.17) is 13.8 Å². The highest BCUT2D eigenvalue weighted by Crippen LogP contribution is 2.38. The van der Waals surface area contributed by atoms with Crippen molar-refractivity contribution < 1.29 is 37.3 Å². The molecule has 0 rings (SSSR count). The number of carbonyl (C=O) groups is 2. The molecule has 3 unspecified atom stereocenters. The second-order valence-electron chi connectivity index (χ2n) is 23.6. The number of quaternary nitrogens is 1. The molecule has 0 fully saturated rings. The summed E-state index contributed by atoms with van der Waals surface area (Å²) in [5.74, 6) is -0.540. The summed E-state index contributed by atoms with van der Waals surface area (Å²) in [5, 5.41) is 3.02. The Morgan fingerprint density at radius 1 is 0.447 bits per heavy atom. The number of rotatable bonds is 60. The van der Waals surface area contributed by atoms with E-state index in [1.54, 1.807) is 0 Å². The molecule has 1 N–H and O–H groups in total. The van der Waals surface area contributed by atoms with Gasteiger partial charge in [-0.15, -0.1) is 0 Å². The minimum atomic E-state index is -4.69. The van der Waals surface area contributed by atoms with Crippen molar-refractivity contribution in [3.8, 4) is 0 Å². The number of likely N-dealkylation sites (N-methyl/N-ethyl adjacent to an activating group) is 1. The lowest BCUT2D eigenvalue weighted by Crippen LogP contribution is -2.47. The average Bonchev–Trinajstić information content (AvgIpc) is 3.38. The zero-order valence-electron chi connectivity index (χ0n) is 51.2. The van der Waals surface area contributed by atoms with Crippen molar-refractivity contribution >= 4 is 19.7 Å². The number of nitrogens with one attached hydrogen (secondary N) is 1. The van der Waals surface area contributed by atoms with Crippen LogP contribution in [0.2, 0.25) is 0 Å². The van der Waals surface area contributed by atoms with Crippen LogP contribution in [0.15, 0.2) is 36.5 Å². The Morgan fingerprint density at radius 2 is 0.776 bits per heavy atom. The van der Waals surface area contributed by atoms with Crippen LogP contribution < -0.4 is 10.2 Å². The molecular formula is C66H127N2O7P. The molecule has 0 aliphatic heterocycles. The monoisotopic (exact) mass is 1090 g/mol. The van der Waals surface area contributed by atoms with E-state index in [-0.39, 0.29) is 31.5 Å². The highest BCUT2D eigenvalue weighted by molar-refractivity contribution is 7.45. The summed E-state index contributed by atoms with van der Waals surface area (Å²) in [6, 6.07) is -0.888. The molecule has 0 saturated carbocycles. The van der Waals surface area contributed by atoms with Crippen LogP contribution in [0, 0.1) is 0 Å². The predicted molar refractivity (Wildman–Crippen MR) is 326 cm³/mol. The van der Waals surface area contributed by atoms with Gasteiger partial charge in [-0.05, 0) is 76.7 Å². The van der Waals surface area contributed by atoms with Crippen LogP contribution in [0.4, 0.5) is 0 Å². The second kappa shape index (κ2) is 56.5. The largest absolute Gasteiger partial charge is 0.756 e. The first kappa shape index (κ1) is 74.2. The van der Waals surface area contributed by atoms with Crippen molar-refractivity contribution in [3.05, 3.63) is 36.5 Å². The third kappa shape index (κ3) is 56.9. The first-order valence-corrected chi connectivity index (χ1v) is 34.3. The van der Waals surface area contributed by atoms with Gasteiger partial charge in [0, 0.05) is 12.8 Å². The van der Waals surface area contributed by atoms with Gasteiger partial charge in [0.25, 0.3) is 7.82 Å². The Balaban J connectivity index is 4.94. The number of phosphoric ester groups is 1. The van der Waals surface area contributed by atoms with Gasteiger partial charge in [0.2, 0.25) is 5.91 Å². The smallest absolute Gasteiger partial charge is 0.306 e. The molecule has 0 aromatic carbocycles. The van der Waals surface area contributed by atoms with Gasteiger partial charge in [-0.3, -0.25) is 14.2 Å². The van der Waals surface area contributed by atoms with E-state index in [1.165, 1.54) is 205 Å². The molecule has 0 spiro atoms. The number of carbonyl (C=O) groups excluding carboxylic acids is 2. The second-order valence-corrected chi connectivity index (χ2v) is 25.0. The van der Waals surface area contributed by atoms with Gasteiger partial charge in [0.05, 0.1) is 33.8 Å². The van der Waals surface area contributed by atoms with Gasteiger partial charge in [0.15, 0.2) is 0 Å². The summed E-state index contributed by atoms with van der Waals surface area (Å²) in [5.41, 5.74) is 0. The van der Waals surface area contributed by atoms with Crippen LogP contribution in [0.25, 0.3) is 0 Å². The zero-order valence-corrected chi connectivity index (χ0v) is 52.1. The first-order valence-electron chi connectivity index (χ1n) is 32.8. The fourth-order valence-electron chi connectivity index (χ4n) is 9.68. The lowest BCUT2D eigenvalue weighted by atomic mass is 10.0. The van der Waals surface area contributed by atoms with E-state index in [1.807, 2.05) is 33.3 Å². The molecule has 0 aromatic heterocycles. The summed E-state index contributed by atoms with van der Waals surface area (Å²) in [7, 11) is 1.19. The van der Waals surface area contributed by atoms with Gasteiger partial charge >= 0.3 is 5.97 Å². The molecule has 0 heterocycles. The number of hydrogen-bond donors (Lipinski definition) is 1. The molecule has 448 valence electrons. The zero-order chi connectivity index (χ0) is 55.7. The summed E-state index contributed by atoms with van der Waals surface area (Å²) >= 11 is 0. The van der Waals surface area contributed by atoms with Gasteiger partial charge < -0.3 is 28.5 Å². The maximum Gasteiger partial charge on any atom is 0.306 e. The van der Waals surface area contributed by atoms with Gasteiger partial charge in [-0.2, -0.15) is 0 Å². The Morgan fingerprint density at radius 3 is 1.16 bits per heavy atom. The maximum absolute atomic E-state index is 13.5. The summed E-state index contributed by atoms with van der Waals surface area (Å²) < 4.78 is 30.3. The van der Waals surface area contributed by atoms with E-state index >= 15 is 0 Å². The normalized spacial score (nSPS) is 13.8. The van der Waals surface area contributed by atoms with Crippen LogP contribution in [0.1, 0.15) is 323 Å². The highest BCUT2D eigenvalue weighted by Gasteiger charge is 2.27. The van der Waals surface area contributed by atoms with E-state index < -0.39 is 20.0 Å². The number of amides is 1. The third-order valence-electron chi connectivity index (χ3n) is 14.8. The van der Waals surface area contributed by atoms with Gasteiger partial charge in [0.1, 0.15) is 19.3 Å². The quantitative estimate of drug-likeness (QED) is 0.0212. The fraction of sp³-hybridized carbons (Fsp3) is 0.879. The van der Waals surface area contributed by atoms with E-state index in [0.717, 1.165) is 83.5 Å². The SMILES string of the molecule is CCCC/C=C\CCCCCCCC(=O)NC(COP(=O)([O-])OCC[N+](C)(C)C)C(/C=C\CCCCCCCCCCCC)OC(=O)CCCCCCCCCCCCCCCCCCC/C=C/CCCCCCCC. The fourth-order valence-corrected chi connectivity index (χ4v) is 10.4. The molecule has 0 aromatic rings. The standard InChI is InChI=1S/C66H127N2O7P/c1-7-10-13-16-19-22-25-27-28-29-30-31-32-33-34-35-36-37-38-39-40-41-44-47-50-53-56-59-66(70)75-64(57-54-51-48-45-43-26-23-20-17-14-11-8-2)63(62-74-76(71,72)73-61-60-68(4,5)6)67-65(69)58-55-52-49-46-42-24-21-18-15-12-9-3/h18,21,27-28,54,57,63-64H,7-17,19-20,22-26,29-53,55-56,58-62H2,1-6H3,(H-,67,69,71,72)/b21-18-,28-27+,57-54-. The summed E-state index contributed by atoms with van der Waals surface area (Å²) in [6.07, 6.45) is 68.5. The van der Waals surface area contributed by atoms with Crippen molar-refractivity contribution in [1.82, 2.24) is 5.32 Å². The number of allylic oxidation sites excluding steroid dienone is 5. The third-order valence-corrected chi connectivity index (χ3v) is 15.8. The molecule has 0 radical (unpaired) electrons. The number of nitrogens with zero attached hydrogens (tertiary/aromatic N) is 1. The van der Waals surface area contributed by atoms with Crippen molar-refractivity contribution in [2.75, 3.05) is 40.9 Å². The van der Waals surface area contributed by atoms with E-state index in [2.05, 4.69) is 50.4 Å². The molecule has 0 bridgehead atoms. The van der Waals surface area contributed by atoms with Crippen LogP contribution >= 0.6 is 7.82 Å². The molecule has 0 aliphatic carbocycles. The minimum Gasteiger partial charge on any atom is -0.756 e. The number of unbranched alkanes of at least 4 members (excludes halogenated alkanes) is 40. The van der Waals surface area contributed by atoms with Crippen LogP contribution in [-0.2, 0) is 27.9 Å². The van der Waals surface area contributed by atoms with Crippen molar-refractivity contribution in [3.63, 3.8) is 0 Å². The number of hydrogen-bond acceptors (Lipinski definition) is 7. The lowest BCUT2D eigenvalue weighted by Gasteiger charge is -2.30. The molecule has 0 aliphatic rings. The van der Waals surface area contributed by atoms with Crippen molar-refractivity contribution in [2.24, 2.45) is 0 Å². The Hall–Kier alpha value is -1.77. The van der Waals surface area contributed by atoms with E-state index in [0.29, 0.717) is 17.4 Å². The Bertz CT molecular complexity index is 1400. The lowest BCUT2D eigenvalue weighted by molar-refractivity contribution is -0.870. The molecular weight excluding hydrogens is 964 g/mol. The molecule has 3 atom stereocenters. The summed E-state index contributed by atoms with van der Waals surface area (Å²) in [6.45, 7) is 6.82. The van der Waals surface area contributed by atoms with Crippen molar-refractivity contribution in [1.29, 1.82) is 0 Å².